The van der Waals surface area contributed by atoms with Gasteiger partial charge in [-0.3, -0.25) is 9.59 Å². The predicted molar refractivity (Wildman–Crippen MR) is 150 cm³/mol. The number of phenolic OH excluding ortho intramolecular Hbond substituents is 2. The van der Waals surface area contributed by atoms with Crippen molar-refractivity contribution in [1.29, 1.82) is 0 Å². The number of aryl methyl sites for hydroxylation is 2. The standard InChI is InChI=1S/C32H30O6/c1-11-7-17-23-19-9-13(3)38-16(6)22(19)32(36)28-26(23)18(8-12(2)30(28)34)24-20-10-14(4)37-15(5)21(20)31(35)27(25(17)24)29(11)33/h7-8,13-16,33,36H,9-10H2,1-6H3/t13-,14-,15+,16+/m0/s1. The smallest absolute Gasteiger partial charge is 0.196 e. The third kappa shape index (κ3) is 2.74. The van der Waals surface area contributed by atoms with E-state index in [1.807, 2.05) is 39.8 Å². The summed E-state index contributed by atoms with van der Waals surface area (Å²) < 4.78 is 12.2. The second-order valence-corrected chi connectivity index (χ2v) is 11.5. The third-order valence-corrected chi connectivity index (χ3v) is 8.88. The van der Waals surface area contributed by atoms with Crippen molar-refractivity contribution in [3.63, 3.8) is 0 Å². The summed E-state index contributed by atoms with van der Waals surface area (Å²) in [5.74, 6) is -0.0270. The molecule has 7 rings (SSSR count). The predicted octanol–water partition coefficient (Wildman–Crippen LogP) is 5.97. The largest absolute Gasteiger partial charge is 0.507 e. The Bertz CT molecular complexity index is 1950. The Balaban J connectivity index is 1.91. The van der Waals surface area contributed by atoms with Gasteiger partial charge in [0.25, 0.3) is 0 Å². The fourth-order valence-electron chi connectivity index (χ4n) is 7.48. The van der Waals surface area contributed by atoms with E-state index in [0.717, 1.165) is 43.4 Å². The van der Waals surface area contributed by atoms with Gasteiger partial charge in [-0.2, -0.15) is 0 Å². The molecule has 0 saturated heterocycles. The number of hydrogen-bond acceptors (Lipinski definition) is 6. The van der Waals surface area contributed by atoms with Crippen LogP contribution in [0.4, 0.5) is 0 Å². The maximum atomic E-state index is 14.1. The van der Waals surface area contributed by atoms with Crippen LogP contribution < -0.4 is 10.9 Å². The fraction of sp³-hybridized carbons (Fsp3) is 0.375. The van der Waals surface area contributed by atoms with Gasteiger partial charge < -0.3 is 19.7 Å². The lowest BCUT2D eigenvalue weighted by Gasteiger charge is -2.33. The average molecular weight is 511 g/mol. The number of fused-ring (bicyclic) bond motifs is 6. The number of benzene rings is 5. The van der Waals surface area contributed by atoms with E-state index in [4.69, 9.17) is 9.47 Å². The summed E-state index contributed by atoms with van der Waals surface area (Å²) in [6, 6.07) is 3.83. The van der Waals surface area contributed by atoms with Gasteiger partial charge in [0.2, 0.25) is 0 Å². The first-order valence-electron chi connectivity index (χ1n) is 13.4. The molecule has 38 heavy (non-hydrogen) atoms. The number of aromatic hydroxyl groups is 2. The van der Waals surface area contributed by atoms with Crippen LogP contribution in [-0.2, 0) is 22.3 Å². The molecule has 6 heteroatoms. The molecule has 2 N–H and O–H groups in total. The van der Waals surface area contributed by atoms with E-state index in [9.17, 15) is 19.8 Å². The molecule has 2 aliphatic heterocycles. The number of phenols is 2. The summed E-state index contributed by atoms with van der Waals surface area (Å²) in [6.45, 7) is 11.3. The Morgan fingerprint density at radius 2 is 1.11 bits per heavy atom. The van der Waals surface area contributed by atoms with Gasteiger partial charge >= 0.3 is 0 Å². The molecular weight excluding hydrogens is 480 g/mol. The van der Waals surface area contributed by atoms with E-state index >= 15 is 0 Å². The summed E-state index contributed by atoms with van der Waals surface area (Å²) in [5, 5.41) is 28.4. The van der Waals surface area contributed by atoms with Crippen LogP contribution in [-0.4, -0.2) is 22.4 Å². The minimum Gasteiger partial charge on any atom is -0.507 e. The zero-order chi connectivity index (χ0) is 26.9. The Labute approximate surface area is 219 Å². The Morgan fingerprint density at radius 3 is 1.68 bits per heavy atom. The first kappa shape index (κ1) is 23.6. The molecule has 4 atom stereocenters. The van der Waals surface area contributed by atoms with Crippen LogP contribution in [0.2, 0.25) is 0 Å². The maximum absolute atomic E-state index is 14.1. The molecule has 2 heterocycles. The van der Waals surface area contributed by atoms with Crippen molar-refractivity contribution in [1.82, 2.24) is 0 Å². The van der Waals surface area contributed by atoms with Gasteiger partial charge in [0.05, 0.1) is 35.2 Å². The highest BCUT2D eigenvalue weighted by molar-refractivity contribution is 6.36. The van der Waals surface area contributed by atoms with Gasteiger partial charge in [-0.05, 0) is 110 Å². The zero-order valence-electron chi connectivity index (χ0n) is 22.4. The second-order valence-electron chi connectivity index (χ2n) is 11.5. The second kappa shape index (κ2) is 7.55. The fourth-order valence-corrected chi connectivity index (χ4v) is 7.48. The molecule has 6 nitrogen and oxygen atoms in total. The molecule has 0 unspecified atom stereocenters. The molecule has 0 radical (unpaired) electrons. The molecule has 5 aromatic rings. The monoisotopic (exact) mass is 510 g/mol. The van der Waals surface area contributed by atoms with Gasteiger partial charge in [0.1, 0.15) is 11.5 Å². The van der Waals surface area contributed by atoms with E-state index in [1.165, 1.54) is 0 Å². The highest BCUT2D eigenvalue weighted by Gasteiger charge is 2.35. The lowest BCUT2D eigenvalue weighted by Crippen LogP contribution is -2.29. The van der Waals surface area contributed by atoms with E-state index < -0.39 is 12.2 Å². The minimum atomic E-state index is -0.433. The van der Waals surface area contributed by atoms with Crippen LogP contribution >= 0.6 is 0 Å². The lowest BCUT2D eigenvalue weighted by molar-refractivity contribution is -0.00552. The summed E-state index contributed by atoms with van der Waals surface area (Å²) in [5.41, 5.74) is 3.76. The van der Waals surface area contributed by atoms with Gasteiger partial charge in [0, 0.05) is 21.9 Å². The summed E-state index contributed by atoms with van der Waals surface area (Å²) >= 11 is 0. The van der Waals surface area contributed by atoms with Crippen LogP contribution in [0.3, 0.4) is 0 Å². The number of hydrogen-bond donors (Lipinski definition) is 2. The van der Waals surface area contributed by atoms with Crippen molar-refractivity contribution in [3.05, 3.63) is 66.0 Å². The van der Waals surface area contributed by atoms with Crippen LogP contribution in [0, 0.1) is 13.8 Å². The topological polar surface area (TPSA) is 93.1 Å². The average Bonchev–Trinajstić information content (AvgIpc) is 2.83. The van der Waals surface area contributed by atoms with Crippen LogP contribution in [0.15, 0.2) is 21.7 Å². The molecule has 0 saturated carbocycles. The van der Waals surface area contributed by atoms with Crippen molar-refractivity contribution >= 4 is 43.1 Å². The quantitative estimate of drug-likeness (QED) is 0.197. The van der Waals surface area contributed by atoms with Gasteiger partial charge in [-0.15, -0.1) is 0 Å². The molecule has 0 amide bonds. The highest BCUT2D eigenvalue weighted by atomic mass is 16.5. The molecule has 0 aliphatic carbocycles. The van der Waals surface area contributed by atoms with Crippen LogP contribution in [0.5, 0.6) is 11.5 Å². The van der Waals surface area contributed by atoms with Crippen LogP contribution in [0.1, 0.15) is 73.3 Å². The van der Waals surface area contributed by atoms with Gasteiger partial charge in [-0.25, -0.2) is 0 Å². The molecule has 0 aromatic heterocycles. The molecule has 5 aromatic carbocycles. The number of rotatable bonds is 0. The lowest BCUT2D eigenvalue weighted by atomic mass is 9.77. The normalized spacial score (nSPS) is 23.5. The van der Waals surface area contributed by atoms with E-state index in [2.05, 4.69) is 0 Å². The van der Waals surface area contributed by atoms with Crippen LogP contribution in [0.25, 0.3) is 43.1 Å². The Morgan fingerprint density at radius 1 is 0.632 bits per heavy atom. The molecule has 0 fully saturated rings. The first-order valence-corrected chi connectivity index (χ1v) is 13.4. The Hall–Kier alpha value is -3.48. The maximum Gasteiger partial charge on any atom is 0.196 e. The summed E-state index contributed by atoms with van der Waals surface area (Å²) in [7, 11) is 0. The van der Waals surface area contributed by atoms with Crippen molar-refractivity contribution in [3.8, 4) is 11.5 Å². The van der Waals surface area contributed by atoms with E-state index in [-0.39, 0.29) is 34.6 Å². The third-order valence-electron chi connectivity index (χ3n) is 8.88. The molecular formula is C32H30O6. The molecule has 2 aliphatic rings. The number of ether oxygens (including phenoxy) is 2. The van der Waals surface area contributed by atoms with Crippen molar-refractivity contribution < 1.29 is 19.7 Å². The molecule has 194 valence electrons. The zero-order valence-corrected chi connectivity index (χ0v) is 22.4. The van der Waals surface area contributed by atoms with E-state index in [1.54, 1.807) is 13.8 Å². The highest BCUT2D eigenvalue weighted by Crippen LogP contribution is 2.52. The van der Waals surface area contributed by atoms with Gasteiger partial charge in [0.15, 0.2) is 10.9 Å². The molecule has 0 spiro atoms. The molecule has 0 bridgehead atoms. The van der Waals surface area contributed by atoms with Gasteiger partial charge in [-0.1, -0.05) is 0 Å². The van der Waals surface area contributed by atoms with E-state index in [0.29, 0.717) is 45.9 Å². The SMILES string of the molecule is Cc1cc2c3c4c(c(O)c5c(=O)c(C)cc(c6c7c(c(=O)c(c1O)c26)[C@@H](C)O[C@@H](C)C7)c53)[C@@H](C)O[C@@H](C)C4. The Kier molecular flexibility index (Phi) is 4.69. The summed E-state index contributed by atoms with van der Waals surface area (Å²) in [6.07, 6.45) is 0.0955. The first-order chi connectivity index (χ1) is 18.0. The summed E-state index contributed by atoms with van der Waals surface area (Å²) in [4.78, 5) is 27.7. The minimum absolute atomic E-state index is 0.0114. The van der Waals surface area contributed by atoms with Crippen molar-refractivity contribution in [2.75, 3.05) is 0 Å². The van der Waals surface area contributed by atoms with Crippen molar-refractivity contribution in [2.24, 2.45) is 0 Å². The van der Waals surface area contributed by atoms with Crippen molar-refractivity contribution in [2.45, 2.75) is 78.8 Å².